The molecule has 0 aliphatic rings. The molecule has 0 aliphatic heterocycles. The number of hydrogen-bond donors (Lipinski definition) is 1. The number of hydrogen-bond acceptors (Lipinski definition) is 4. The molecule has 0 radical (unpaired) electrons. The average Bonchev–Trinajstić information content (AvgIpc) is 3.06. The highest BCUT2D eigenvalue weighted by molar-refractivity contribution is 7.12. The van der Waals surface area contributed by atoms with Gasteiger partial charge in [0.2, 0.25) is 0 Å². The van der Waals surface area contributed by atoms with E-state index in [1.54, 1.807) is 22.7 Å². The van der Waals surface area contributed by atoms with E-state index < -0.39 is 0 Å². The number of aliphatic hydroxyl groups excluding tert-OH is 1. The first-order valence-electron chi connectivity index (χ1n) is 6.17. The van der Waals surface area contributed by atoms with E-state index in [1.807, 2.05) is 6.07 Å². The molecular formula is C15H16O2S2. The van der Waals surface area contributed by atoms with Crippen LogP contribution in [0.1, 0.15) is 21.1 Å². The van der Waals surface area contributed by atoms with Gasteiger partial charge in [-0.1, -0.05) is 17.9 Å². The van der Waals surface area contributed by atoms with Crippen LogP contribution in [0, 0.1) is 11.8 Å². The molecule has 2 aromatic rings. The van der Waals surface area contributed by atoms with Crippen LogP contribution in [0.5, 0.6) is 0 Å². The summed E-state index contributed by atoms with van der Waals surface area (Å²) in [7, 11) is 0. The minimum Gasteiger partial charge on any atom is -0.395 e. The quantitative estimate of drug-likeness (QED) is 0.654. The summed E-state index contributed by atoms with van der Waals surface area (Å²) in [6, 6.07) is 8.26. The Labute approximate surface area is 121 Å². The number of aliphatic hydroxyl groups is 1. The zero-order chi connectivity index (χ0) is 13.3. The molecule has 2 heterocycles. The lowest BCUT2D eigenvalue weighted by Gasteiger charge is -2.00. The highest BCUT2D eigenvalue weighted by atomic mass is 32.1. The third-order valence-corrected chi connectivity index (χ3v) is 4.34. The van der Waals surface area contributed by atoms with Crippen LogP contribution >= 0.6 is 22.7 Å². The summed E-state index contributed by atoms with van der Waals surface area (Å²) in [6.07, 6.45) is 1.51. The first-order valence-corrected chi connectivity index (χ1v) is 7.86. The third kappa shape index (κ3) is 5.17. The van der Waals surface area contributed by atoms with Gasteiger partial charge in [0, 0.05) is 22.6 Å². The van der Waals surface area contributed by atoms with Crippen LogP contribution in [0.2, 0.25) is 0 Å². The van der Waals surface area contributed by atoms with E-state index in [0.29, 0.717) is 13.0 Å². The molecule has 4 heteroatoms. The van der Waals surface area contributed by atoms with Crippen LogP contribution in [0.4, 0.5) is 0 Å². The van der Waals surface area contributed by atoms with Crippen molar-refractivity contribution in [3.05, 3.63) is 44.3 Å². The molecule has 0 amide bonds. The summed E-state index contributed by atoms with van der Waals surface area (Å²) in [6.45, 7) is 1.53. The fourth-order valence-electron chi connectivity index (χ4n) is 1.53. The van der Waals surface area contributed by atoms with Crippen LogP contribution in [0.3, 0.4) is 0 Å². The van der Waals surface area contributed by atoms with Crippen molar-refractivity contribution in [2.24, 2.45) is 0 Å². The molecule has 0 bridgehead atoms. The van der Waals surface area contributed by atoms with Gasteiger partial charge in [-0.15, -0.1) is 22.7 Å². The van der Waals surface area contributed by atoms with Crippen molar-refractivity contribution in [2.45, 2.75) is 19.4 Å². The van der Waals surface area contributed by atoms with Crippen molar-refractivity contribution in [3.63, 3.8) is 0 Å². The van der Waals surface area contributed by atoms with E-state index in [4.69, 9.17) is 9.84 Å². The molecule has 2 rings (SSSR count). The summed E-state index contributed by atoms with van der Waals surface area (Å²) in [5.74, 6) is 5.95. The highest BCUT2D eigenvalue weighted by Gasteiger charge is 1.99. The Balaban J connectivity index is 1.70. The van der Waals surface area contributed by atoms with Crippen molar-refractivity contribution < 1.29 is 9.84 Å². The molecule has 2 nitrogen and oxygen atoms in total. The Kier molecular flexibility index (Phi) is 6.12. The van der Waals surface area contributed by atoms with Gasteiger partial charge in [-0.05, 0) is 23.6 Å². The molecule has 0 atom stereocenters. The molecule has 19 heavy (non-hydrogen) atoms. The van der Waals surface area contributed by atoms with Crippen LogP contribution in [-0.2, 0) is 17.8 Å². The predicted octanol–water partition coefficient (Wildman–Crippen LogP) is 3.30. The van der Waals surface area contributed by atoms with Gasteiger partial charge in [0.15, 0.2) is 0 Å². The van der Waals surface area contributed by atoms with Crippen molar-refractivity contribution in [1.29, 1.82) is 0 Å². The lowest BCUT2D eigenvalue weighted by atomic mass is 10.3. The first-order chi connectivity index (χ1) is 9.38. The smallest absolute Gasteiger partial charge is 0.0809 e. The number of rotatable bonds is 6. The third-order valence-electron chi connectivity index (χ3n) is 2.43. The fourth-order valence-corrected chi connectivity index (χ4v) is 3.04. The largest absolute Gasteiger partial charge is 0.395 e. The van der Waals surface area contributed by atoms with Gasteiger partial charge in [0.1, 0.15) is 0 Å². The van der Waals surface area contributed by atoms with Crippen molar-refractivity contribution in [1.82, 2.24) is 0 Å². The second-order valence-corrected chi connectivity index (χ2v) is 6.12. The van der Waals surface area contributed by atoms with Gasteiger partial charge in [0.25, 0.3) is 0 Å². The molecular weight excluding hydrogens is 276 g/mol. The van der Waals surface area contributed by atoms with Crippen LogP contribution < -0.4 is 0 Å². The predicted molar refractivity (Wildman–Crippen MR) is 80.6 cm³/mol. The molecule has 100 valence electrons. The van der Waals surface area contributed by atoms with E-state index in [0.717, 1.165) is 17.9 Å². The molecule has 0 saturated carbocycles. The molecule has 0 unspecified atom stereocenters. The van der Waals surface area contributed by atoms with E-state index in [9.17, 15) is 0 Å². The topological polar surface area (TPSA) is 29.5 Å². The first kappa shape index (κ1) is 14.3. The van der Waals surface area contributed by atoms with E-state index in [1.165, 1.54) is 9.75 Å². The molecule has 0 aliphatic carbocycles. The summed E-state index contributed by atoms with van der Waals surface area (Å²) >= 11 is 3.42. The van der Waals surface area contributed by atoms with Gasteiger partial charge in [-0.2, -0.15) is 0 Å². The summed E-state index contributed by atoms with van der Waals surface area (Å²) in [5.41, 5.74) is 0. The van der Waals surface area contributed by atoms with Gasteiger partial charge in [-0.3, -0.25) is 0 Å². The maximum absolute atomic E-state index is 8.65. The van der Waals surface area contributed by atoms with Crippen LogP contribution in [0.15, 0.2) is 29.6 Å². The lowest BCUT2D eigenvalue weighted by molar-refractivity contribution is 0.126. The average molecular weight is 292 g/mol. The summed E-state index contributed by atoms with van der Waals surface area (Å²) in [5, 5.41) is 10.7. The molecule has 0 aromatic carbocycles. The van der Waals surface area contributed by atoms with E-state index in [2.05, 4.69) is 35.4 Å². The Bertz CT molecular complexity index is 532. The van der Waals surface area contributed by atoms with Crippen LogP contribution in [-0.4, -0.2) is 18.3 Å². The van der Waals surface area contributed by atoms with Crippen LogP contribution in [0.25, 0.3) is 0 Å². The van der Waals surface area contributed by atoms with Gasteiger partial charge in [0.05, 0.1) is 24.7 Å². The Morgan fingerprint density at radius 2 is 2.16 bits per heavy atom. The molecule has 2 aromatic heterocycles. The second-order valence-electron chi connectivity index (χ2n) is 3.92. The standard InChI is InChI=1S/C15H16O2S2/c16-9-2-1-4-14-6-7-15(19-14)12-17-10-8-13-5-3-11-18-13/h3,5-7,11,16H,2,8-10,12H2. The van der Waals surface area contributed by atoms with E-state index in [-0.39, 0.29) is 6.61 Å². The van der Waals surface area contributed by atoms with Crippen molar-refractivity contribution >= 4 is 22.7 Å². The summed E-state index contributed by atoms with van der Waals surface area (Å²) < 4.78 is 5.66. The van der Waals surface area contributed by atoms with Crippen molar-refractivity contribution in [3.8, 4) is 11.8 Å². The van der Waals surface area contributed by atoms with Gasteiger partial charge >= 0.3 is 0 Å². The Hall–Kier alpha value is -1.12. The van der Waals surface area contributed by atoms with Gasteiger partial charge in [-0.25, -0.2) is 0 Å². The van der Waals surface area contributed by atoms with Crippen molar-refractivity contribution in [2.75, 3.05) is 13.2 Å². The highest BCUT2D eigenvalue weighted by Crippen LogP contribution is 2.17. The zero-order valence-corrected chi connectivity index (χ0v) is 12.2. The minimum absolute atomic E-state index is 0.122. The SMILES string of the molecule is OCCC#Cc1ccc(COCCc2cccs2)s1. The molecule has 0 spiro atoms. The Morgan fingerprint density at radius 1 is 1.21 bits per heavy atom. The minimum atomic E-state index is 0.122. The second kappa shape index (κ2) is 8.13. The van der Waals surface area contributed by atoms with E-state index >= 15 is 0 Å². The molecule has 1 N–H and O–H groups in total. The fraction of sp³-hybridized carbons (Fsp3) is 0.333. The summed E-state index contributed by atoms with van der Waals surface area (Å²) in [4.78, 5) is 3.59. The molecule has 0 saturated heterocycles. The Morgan fingerprint density at radius 3 is 2.95 bits per heavy atom. The lowest BCUT2D eigenvalue weighted by Crippen LogP contribution is -1.96. The maximum atomic E-state index is 8.65. The zero-order valence-electron chi connectivity index (χ0n) is 10.6. The normalized spacial score (nSPS) is 10.2. The number of ether oxygens (including phenoxy) is 1. The van der Waals surface area contributed by atoms with Gasteiger partial charge < -0.3 is 9.84 Å². The molecule has 0 fully saturated rings. The maximum Gasteiger partial charge on any atom is 0.0809 e. The monoisotopic (exact) mass is 292 g/mol. The number of thiophene rings is 2.